The molecule has 1 aromatic carbocycles. The second kappa shape index (κ2) is 4.01. The monoisotopic (exact) mass is 191 g/mol. The van der Waals surface area contributed by atoms with E-state index in [4.69, 9.17) is 0 Å². The van der Waals surface area contributed by atoms with Gasteiger partial charge in [-0.2, -0.15) is 0 Å². The maximum absolute atomic E-state index is 9.34. The van der Waals surface area contributed by atoms with Crippen molar-refractivity contribution in [1.29, 1.82) is 0 Å². The predicted octanol–water partition coefficient (Wildman–Crippen LogP) is 2.60. The standard InChI is InChI=1S/C12H17NO/c1-9(13-11-5-3-6-11)10-4-2-7-12(14)8-10/h2,4,7-9,11,13-14H,3,5-6H2,1H3. The van der Waals surface area contributed by atoms with E-state index in [1.54, 1.807) is 6.07 Å². The molecule has 0 radical (unpaired) electrons. The van der Waals surface area contributed by atoms with Crippen LogP contribution in [0.3, 0.4) is 0 Å². The molecule has 14 heavy (non-hydrogen) atoms. The highest BCUT2D eigenvalue weighted by Gasteiger charge is 2.19. The van der Waals surface area contributed by atoms with Crippen molar-refractivity contribution in [3.8, 4) is 5.75 Å². The Morgan fingerprint density at radius 1 is 1.43 bits per heavy atom. The van der Waals surface area contributed by atoms with Crippen LogP contribution in [0.2, 0.25) is 0 Å². The highest BCUT2D eigenvalue weighted by molar-refractivity contribution is 5.29. The van der Waals surface area contributed by atoms with Crippen LogP contribution >= 0.6 is 0 Å². The molecule has 2 N–H and O–H groups in total. The Labute approximate surface area is 85.0 Å². The molecule has 1 saturated carbocycles. The zero-order chi connectivity index (χ0) is 9.97. The van der Waals surface area contributed by atoms with E-state index >= 15 is 0 Å². The van der Waals surface area contributed by atoms with Gasteiger partial charge in [-0.05, 0) is 37.5 Å². The fourth-order valence-electron chi connectivity index (χ4n) is 1.82. The van der Waals surface area contributed by atoms with Gasteiger partial charge in [0.1, 0.15) is 5.75 Å². The third kappa shape index (κ3) is 2.07. The molecule has 76 valence electrons. The average molecular weight is 191 g/mol. The lowest BCUT2D eigenvalue weighted by Gasteiger charge is -2.30. The summed E-state index contributed by atoms with van der Waals surface area (Å²) in [6, 6.07) is 8.51. The first-order valence-corrected chi connectivity index (χ1v) is 5.30. The summed E-state index contributed by atoms with van der Waals surface area (Å²) in [6.45, 7) is 2.15. The van der Waals surface area contributed by atoms with E-state index < -0.39 is 0 Å². The summed E-state index contributed by atoms with van der Waals surface area (Å²) in [5.74, 6) is 0.352. The van der Waals surface area contributed by atoms with Gasteiger partial charge in [0.25, 0.3) is 0 Å². The summed E-state index contributed by atoms with van der Waals surface area (Å²) < 4.78 is 0. The third-order valence-electron chi connectivity index (χ3n) is 2.96. The Balaban J connectivity index is 1.98. The van der Waals surface area contributed by atoms with Crippen molar-refractivity contribution < 1.29 is 5.11 Å². The normalized spacial score (nSPS) is 18.9. The SMILES string of the molecule is CC(NC1CCC1)c1cccc(O)c1. The summed E-state index contributed by atoms with van der Waals surface area (Å²) in [5.41, 5.74) is 1.16. The van der Waals surface area contributed by atoms with E-state index in [1.165, 1.54) is 19.3 Å². The molecule has 0 bridgehead atoms. The number of phenols is 1. The molecule has 1 fully saturated rings. The van der Waals surface area contributed by atoms with Crippen LogP contribution in [0.5, 0.6) is 5.75 Å². The van der Waals surface area contributed by atoms with Crippen LogP contribution in [-0.4, -0.2) is 11.1 Å². The number of nitrogens with one attached hydrogen (secondary N) is 1. The zero-order valence-corrected chi connectivity index (χ0v) is 8.53. The number of benzene rings is 1. The molecular formula is C12H17NO. The highest BCUT2D eigenvalue weighted by atomic mass is 16.3. The topological polar surface area (TPSA) is 32.3 Å². The molecule has 0 spiro atoms. The largest absolute Gasteiger partial charge is 0.508 e. The lowest BCUT2D eigenvalue weighted by Crippen LogP contribution is -2.36. The minimum absolute atomic E-state index is 0.340. The Morgan fingerprint density at radius 2 is 2.21 bits per heavy atom. The van der Waals surface area contributed by atoms with Crippen LogP contribution in [0.25, 0.3) is 0 Å². The molecule has 0 saturated heterocycles. The Hall–Kier alpha value is -1.02. The smallest absolute Gasteiger partial charge is 0.115 e. The molecule has 1 atom stereocenters. The quantitative estimate of drug-likeness (QED) is 0.769. The van der Waals surface area contributed by atoms with Gasteiger partial charge in [0.2, 0.25) is 0 Å². The van der Waals surface area contributed by atoms with Crippen LogP contribution < -0.4 is 5.32 Å². The molecule has 2 nitrogen and oxygen atoms in total. The fraction of sp³-hybridized carbons (Fsp3) is 0.500. The molecule has 1 aliphatic rings. The maximum atomic E-state index is 9.34. The number of hydrogen-bond donors (Lipinski definition) is 2. The van der Waals surface area contributed by atoms with E-state index in [0.717, 1.165) is 5.56 Å². The molecule has 1 aromatic rings. The molecule has 0 heterocycles. The minimum atomic E-state index is 0.340. The van der Waals surface area contributed by atoms with Crippen molar-refractivity contribution in [2.75, 3.05) is 0 Å². The van der Waals surface area contributed by atoms with E-state index in [1.807, 2.05) is 12.1 Å². The summed E-state index contributed by atoms with van der Waals surface area (Å²) >= 11 is 0. The Kier molecular flexibility index (Phi) is 2.73. The van der Waals surface area contributed by atoms with Crippen molar-refractivity contribution in [1.82, 2.24) is 5.32 Å². The number of rotatable bonds is 3. The number of aromatic hydroxyl groups is 1. The third-order valence-corrected chi connectivity index (χ3v) is 2.96. The van der Waals surface area contributed by atoms with Gasteiger partial charge < -0.3 is 10.4 Å². The predicted molar refractivity (Wildman–Crippen MR) is 57.3 cm³/mol. The van der Waals surface area contributed by atoms with E-state index in [0.29, 0.717) is 17.8 Å². The van der Waals surface area contributed by atoms with Crippen LogP contribution in [0.15, 0.2) is 24.3 Å². The van der Waals surface area contributed by atoms with Gasteiger partial charge in [-0.15, -0.1) is 0 Å². The van der Waals surface area contributed by atoms with Gasteiger partial charge in [0, 0.05) is 12.1 Å². The molecule has 0 aliphatic heterocycles. The average Bonchev–Trinajstić information content (AvgIpc) is 2.11. The number of phenolic OH excluding ortho intramolecular Hbond substituents is 1. The Bertz CT molecular complexity index is 307. The first kappa shape index (κ1) is 9.53. The number of hydrogen-bond acceptors (Lipinski definition) is 2. The lowest BCUT2D eigenvalue weighted by molar-refractivity contribution is 0.313. The summed E-state index contributed by atoms with van der Waals surface area (Å²) in [4.78, 5) is 0. The van der Waals surface area contributed by atoms with Crippen molar-refractivity contribution >= 4 is 0 Å². The van der Waals surface area contributed by atoms with Crippen LogP contribution in [-0.2, 0) is 0 Å². The van der Waals surface area contributed by atoms with E-state index in [9.17, 15) is 5.11 Å². The minimum Gasteiger partial charge on any atom is -0.508 e. The zero-order valence-electron chi connectivity index (χ0n) is 8.53. The molecule has 2 heteroatoms. The molecular weight excluding hydrogens is 174 g/mol. The van der Waals surface area contributed by atoms with Crippen molar-refractivity contribution in [2.24, 2.45) is 0 Å². The lowest BCUT2D eigenvalue weighted by atomic mass is 9.92. The molecule has 0 aromatic heterocycles. The van der Waals surface area contributed by atoms with E-state index in [2.05, 4.69) is 18.3 Å². The van der Waals surface area contributed by atoms with Gasteiger partial charge in [-0.25, -0.2) is 0 Å². The summed E-state index contributed by atoms with van der Waals surface area (Å²) in [6.07, 6.45) is 3.94. The van der Waals surface area contributed by atoms with Crippen molar-refractivity contribution in [2.45, 2.75) is 38.3 Å². The first-order valence-electron chi connectivity index (χ1n) is 5.30. The Morgan fingerprint density at radius 3 is 2.79 bits per heavy atom. The van der Waals surface area contributed by atoms with Gasteiger partial charge in [-0.1, -0.05) is 18.6 Å². The van der Waals surface area contributed by atoms with Gasteiger partial charge >= 0.3 is 0 Å². The maximum Gasteiger partial charge on any atom is 0.115 e. The van der Waals surface area contributed by atoms with Gasteiger partial charge in [-0.3, -0.25) is 0 Å². The van der Waals surface area contributed by atoms with Crippen molar-refractivity contribution in [3.63, 3.8) is 0 Å². The summed E-state index contributed by atoms with van der Waals surface area (Å²) in [7, 11) is 0. The first-order chi connectivity index (χ1) is 6.75. The van der Waals surface area contributed by atoms with Crippen LogP contribution in [0, 0.1) is 0 Å². The van der Waals surface area contributed by atoms with Gasteiger partial charge in [0.05, 0.1) is 0 Å². The molecule has 0 amide bonds. The highest BCUT2D eigenvalue weighted by Crippen LogP contribution is 2.24. The molecule has 1 unspecified atom stereocenters. The van der Waals surface area contributed by atoms with E-state index in [-0.39, 0.29) is 0 Å². The molecule has 1 aliphatic carbocycles. The van der Waals surface area contributed by atoms with Crippen molar-refractivity contribution in [3.05, 3.63) is 29.8 Å². The second-order valence-corrected chi connectivity index (χ2v) is 4.11. The fourth-order valence-corrected chi connectivity index (χ4v) is 1.82. The van der Waals surface area contributed by atoms with Gasteiger partial charge in [0.15, 0.2) is 0 Å². The summed E-state index contributed by atoms with van der Waals surface area (Å²) in [5, 5.41) is 12.9. The van der Waals surface area contributed by atoms with Crippen LogP contribution in [0.4, 0.5) is 0 Å². The molecule has 2 rings (SSSR count). The second-order valence-electron chi connectivity index (χ2n) is 4.11. The van der Waals surface area contributed by atoms with Crippen LogP contribution in [0.1, 0.15) is 37.8 Å².